The number of halogens is 6. The molecule has 36 heavy (non-hydrogen) atoms. The number of benzene rings is 2. The number of hydrogen-bond donors (Lipinski definition) is 2. The third-order valence-electron chi connectivity index (χ3n) is 5.49. The van der Waals surface area contributed by atoms with Gasteiger partial charge in [0.05, 0.1) is 30.0 Å². The van der Waals surface area contributed by atoms with Crippen molar-refractivity contribution < 1.29 is 36.2 Å². The van der Waals surface area contributed by atoms with Gasteiger partial charge in [0.2, 0.25) is 0 Å². The highest BCUT2D eigenvalue weighted by molar-refractivity contribution is 6.45. The minimum Gasteiger partial charge on any atom is -0.387 e. The summed E-state index contributed by atoms with van der Waals surface area (Å²) in [6, 6.07) is 14.8. The van der Waals surface area contributed by atoms with Crippen molar-refractivity contribution in [3.8, 4) is 11.3 Å². The second-order valence-electron chi connectivity index (χ2n) is 8.07. The topological polar surface area (TPSA) is 54.4 Å². The molecule has 0 saturated heterocycles. The molecule has 1 aromatic heterocycles. The summed E-state index contributed by atoms with van der Waals surface area (Å²) < 4.78 is 84.4. The molecule has 0 bridgehead atoms. The summed E-state index contributed by atoms with van der Waals surface area (Å²) in [5.74, 6) is 0. The maximum absolute atomic E-state index is 13.5. The molecule has 0 aliphatic heterocycles. The molecule has 0 aliphatic rings. The lowest BCUT2D eigenvalue weighted by Crippen LogP contribution is -2.43. The van der Waals surface area contributed by atoms with Crippen LogP contribution in [0.1, 0.15) is 28.5 Å². The van der Waals surface area contributed by atoms with Gasteiger partial charge in [-0.3, -0.25) is 0 Å². The highest BCUT2D eigenvalue weighted by Crippen LogP contribution is 2.34. The molecule has 0 radical (unpaired) electrons. The summed E-state index contributed by atoms with van der Waals surface area (Å²) in [4.78, 5) is 3.58. The van der Waals surface area contributed by atoms with Crippen molar-refractivity contribution >= 4 is 15.0 Å². The number of nitrogens with zero attached hydrogens (tertiary/aromatic N) is 1. The second-order valence-corrected chi connectivity index (χ2v) is 8.83. The largest absolute Gasteiger partial charge is 0.433 e. The lowest BCUT2D eigenvalue weighted by molar-refractivity contribution is -0.141. The van der Waals surface area contributed by atoms with E-state index in [1.165, 1.54) is 13.2 Å². The van der Waals surface area contributed by atoms with E-state index in [2.05, 4.69) is 10.3 Å². The first kappa shape index (κ1) is 27.7. The first-order chi connectivity index (χ1) is 16.9. The number of nitrogens with one attached hydrogen (secondary N) is 1. The Morgan fingerprint density at radius 1 is 0.972 bits per heavy atom. The fraction of sp³-hybridized carbons (Fsp3) is 0.280. The van der Waals surface area contributed by atoms with E-state index in [1.54, 1.807) is 9.85 Å². The SMILES string of the molecule is COC[C@@H](NC[C@H](O)c1cc(-c2ccc(C(F)(F)F)cc2)nc(C(F)(F)F)c1)C(=[SiH2])c1ccccc1. The molecular weight excluding hydrogens is 502 g/mol. The number of hydrogen-bond acceptors (Lipinski definition) is 4. The minimum atomic E-state index is -4.82. The Labute approximate surface area is 207 Å². The van der Waals surface area contributed by atoms with E-state index in [1.807, 2.05) is 30.3 Å². The van der Waals surface area contributed by atoms with Crippen LogP contribution in [0.3, 0.4) is 0 Å². The van der Waals surface area contributed by atoms with E-state index < -0.39 is 29.7 Å². The summed E-state index contributed by atoms with van der Waals surface area (Å²) in [6.07, 6.45) is -10.8. The predicted octanol–water partition coefficient (Wildman–Crippen LogP) is 4.28. The van der Waals surface area contributed by atoms with Crippen LogP contribution in [-0.2, 0) is 17.1 Å². The number of ether oxygens (including phenoxy) is 1. The molecule has 3 rings (SSSR count). The van der Waals surface area contributed by atoms with Gasteiger partial charge < -0.3 is 15.2 Å². The van der Waals surface area contributed by atoms with Crippen molar-refractivity contribution in [1.29, 1.82) is 0 Å². The van der Waals surface area contributed by atoms with Gasteiger partial charge in [0.25, 0.3) is 0 Å². The third-order valence-corrected chi connectivity index (χ3v) is 6.39. The number of alkyl halides is 6. The number of aromatic nitrogens is 1. The first-order valence-corrected chi connectivity index (χ1v) is 11.5. The van der Waals surface area contributed by atoms with Crippen molar-refractivity contribution in [3.63, 3.8) is 0 Å². The van der Waals surface area contributed by atoms with E-state index in [0.717, 1.165) is 41.1 Å². The first-order valence-electron chi connectivity index (χ1n) is 10.8. The number of rotatable bonds is 9. The van der Waals surface area contributed by atoms with Gasteiger partial charge in [-0.25, -0.2) is 4.98 Å². The van der Waals surface area contributed by atoms with Crippen LogP contribution >= 0.6 is 0 Å². The molecule has 3 aromatic rings. The van der Waals surface area contributed by atoms with Crippen LogP contribution < -0.4 is 5.32 Å². The fourth-order valence-electron chi connectivity index (χ4n) is 3.54. The molecule has 4 nitrogen and oxygen atoms in total. The number of pyridine rings is 1. The van der Waals surface area contributed by atoms with Crippen LogP contribution in [0.25, 0.3) is 11.3 Å². The summed E-state index contributed by atoms with van der Waals surface area (Å²) in [5.41, 5.74) is -1.45. The van der Waals surface area contributed by atoms with Gasteiger partial charge >= 0.3 is 12.4 Å². The number of aliphatic hydroxyl groups excluding tert-OH is 1. The molecule has 2 aromatic carbocycles. The Bertz CT molecular complexity index is 1170. The molecule has 192 valence electrons. The van der Waals surface area contributed by atoms with Gasteiger partial charge in [-0.1, -0.05) is 42.5 Å². The molecule has 0 fully saturated rings. The monoisotopic (exact) mass is 526 g/mol. The van der Waals surface area contributed by atoms with E-state index in [-0.39, 0.29) is 36.0 Å². The van der Waals surface area contributed by atoms with Crippen molar-refractivity contribution in [3.05, 3.63) is 89.1 Å². The van der Waals surface area contributed by atoms with Gasteiger partial charge in [-0.05, 0) is 50.4 Å². The van der Waals surface area contributed by atoms with Crippen molar-refractivity contribution in [2.24, 2.45) is 0 Å². The molecule has 0 amide bonds. The fourth-order valence-corrected chi connectivity index (χ4v) is 4.04. The van der Waals surface area contributed by atoms with Crippen LogP contribution in [0.5, 0.6) is 0 Å². The van der Waals surface area contributed by atoms with E-state index in [4.69, 9.17) is 4.74 Å². The zero-order valence-corrected chi connectivity index (χ0v) is 20.6. The summed E-state index contributed by atoms with van der Waals surface area (Å²) in [6.45, 7) is 0.165. The molecule has 2 atom stereocenters. The maximum atomic E-state index is 13.5. The van der Waals surface area contributed by atoms with Crippen LogP contribution in [0.15, 0.2) is 66.7 Å². The van der Waals surface area contributed by atoms with Gasteiger partial charge in [0, 0.05) is 19.2 Å². The Balaban J connectivity index is 1.86. The zero-order chi connectivity index (χ0) is 26.5. The van der Waals surface area contributed by atoms with Gasteiger partial charge in [-0.15, -0.1) is 0 Å². The third kappa shape index (κ3) is 7.09. The molecule has 1 heterocycles. The molecular formula is C25H24F6N2O2Si. The quantitative estimate of drug-likeness (QED) is 0.323. The Morgan fingerprint density at radius 3 is 2.17 bits per heavy atom. The standard InChI is InChI=1S/C25H24F6N2O2Si/c1-35-14-20(23(36)16-5-3-2-4-6-16)32-13-21(34)17-11-19(33-22(12-17)25(29,30)31)15-7-9-18(10-8-15)24(26,27)28/h2-12,20-21,32,34H,13-14,36H2,1H3/t20-,21+/m1/s1. The molecule has 11 heteroatoms. The summed E-state index contributed by atoms with van der Waals surface area (Å²) >= 11 is 0. The smallest absolute Gasteiger partial charge is 0.387 e. The van der Waals surface area contributed by atoms with Crippen LogP contribution in [0.2, 0.25) is 0 Å². The van der Waals surface area contributed by atoms with Crippen LogP contribution in [-0.4, -0.2) is 51.4 Å². The highest BCUT2D eigenvalue weighted by atomic mass is 28.1. The van der Waals surface area contributed by atoms with Gasteiger partial charge in [0.1, 0.15) is 5.69 Å². The molecule has 2 N–H and O–H groups in total. The normalized spacial score (nSPS) is 13.9. The van der Waals surface area contributed by atoms with Crippen LogP contribution in [0.4, 0.5) is 26.3 Å². The van der Waals surface area contributed by atoms with Gasteiger partial charge in [-0.2, -0.15) is 26.3 Å². The van der Waals surface area contributed by atoms with E-state index in [9.17, 15) is 31.4 Å². The average Bonchev–Trinajstić information content (AvgIpc) is 2.85. The predicted molar refractivity (Wildman–Crippen MR) is 127 cm³/mol. The van der Waals surface area contributed by atoms with Crippen molar-refractivity contribution in [2.75, 3.05) is 20.3 Å². The maximum Gasteiger partial charge on any atom is 0.433 e. The number of aliphatic hydroxyl groups is 1. The summed E-state index contributed by atoms with van der Waals surface area (Å²) in [7, 11) is 3.16. The molecule has 0 aliphatic carbocycles. The van der Waals surface area contributed by atoms with Gasteiger partial charge in [0.15, 0.2) is 0 Å². The Hall–Kier alpha value is -2.86. The Morgan fingerprint density at radius 2 is 1.61 bits per heavy atom. The van der Waals surface area contributed by atoms with E-state index in [0.29, 0.717) is 0 Å². The van der Waals surface area contributed by atoms with Crippen molar-refractivity contribution in [1.82, 2.24) is 10.3 Å². The minimum absolute atomic E-state index is 0.0576. The van der Waals surface area contributed by atoms with Crippen molar-refractivity contribution in [2.45, 2.75) is 24.5 Å². The second kappa shape index (κ2) is 11.5. The zero-order valence-electron chi connectivity index (χ0n) is 19.2. The lowest BCUT2D eigenvalue weighted by Gasteiger charge is -2.23. The molecule has 0 unspecified atom stereocenters. The molecule has 0 spiro atoms. The highest BCUT2D eigenvalue weighted by Gasteiger charge is 2.34. The molecule has 0 saturated carbocycles. The average molecular weight is 527 g/mol. The van der Waals surface area contributed by atoms with E-state index >= 15 is 0 Å². The lowest BCUT2D eigenvalue weighted by atomic mass is 10.0. The summed E-state index contributed by atoms with van der Waals surface area (Å²) in [5, 5.41) is 14.8. The number of methoxy groups -OCH3 is 1. The van der Waals surface area contributed by atoms with Crippen LogP contribution in [0, 0.1) is 0 Å². The Kier molecular flexibility index (Phi) is 8.83.